The third-order valence-corrected chi connectivity index (χ3v) is 2.74. The van der Waals surface area contributed by atoms with Crippen LogP contribution >= 0.6 is 0 Å². The summed E-state index contributed by atoms with van der Waals surface area (Å²) in [6.45, 7) is 4.04. The van der Waals surface area contributed by atoms with Gasteiger partial charge in [-0.3, -0.25) is 0 Å². The Labute approximate surface area is 105 Å². The Morgan fingerprint density at radius 1 is 1.39 bits per heavy atom. The van der Waals surface area contributed by atoms with Gasteiger partial charge in [0.2, 0.25) is 0 Å². The molecule has 0 atom stereocenters. The Morgan fingerprint density at radius 3 is 2.78 bits per heavy atom. The van der Waals surface area contributed by atoms with E-state index in [1.807, 2.05) is 13.8 Å². The van der Waals surface area contributed by atoms with Gasteiger partial charge in [0.05, 0.1) is 5.69 Å². The van der Waals surface area contributed by atoms with E-state index in [0.717, 1.165) is 47.0 Å². The van der Waals surface area contributed by atoms with Gasteiger partial charge in [-0.25, -0.2) is 14.8 Å². The summed E-state index contributed by atoms with van der Waals surface area (Å²) in [4.78, 5) is 22.5. The highest BCUT2D eigenvalue weighted by atomic mass is 16.4. The molecule has 0 saturated carbocycles. The first-order chi connectivity index (χ1) is 8.65. The molecule has 0 bridgehead atoms. The van der Waals surface area contributed by atoms with E-state index in [4.69, 9.17) is 5.11 Å². The SMILES string of the molecule is CCc1nc(CC)c2c(/C=C/C(=O)O)c[nH]c2n1. The maximum atomic E-state index is 10.6. The molecular formula is C13H15N3O2. The van der Waals surface area contributed by atoms with Crippen LogP contribution in [0.25, 0.3) is 17.1 Å². The summed E-state index contributed by atoms with van der Waals surface area (Å²) < 4.78 is 0. The number of carboxylic acids is 1. The van der Waals surface area contributed by atoms with Gasteiger partial charge >= 0.3 is 5.97 Å². The van der Waals surface area contributed by atoms with Crippen molar-refractivity contribution in [2.24, 2.45) is 0 Å². The fourth-order valence-electron chi connectivity index (χ4n) is 1.89. The van der Waals surface area contributed by atoms with Crippen LogP contribution < -0.4 is 0 Å². The number of fused-ring (bicyclic) bond motifs is 1. The first-order valence-corrected chi connectivity index (χ1v) is 5.93. The highest BCUT2D eigenvalue weighted by molar-refractivity contribution is 5.93. The number of aryl methyl sites for hydroxylation is 2. The molecule has 0 radical (unpaired) electrons. The van der Waals surface area contributed by atoms with E-state index >= 15 is 0 Å². The van der Waals surface area contributed by atoms with Crippen molar-refractivity contribution in [2.45, 2.75) is 26.7 Å². The average molecular weight is 245 g/mol. The van der Waals surface area contributed by atoms with E-state index in [0.29, 0.717) is 0 Å². The lowest BCUT2D eigenvalue weighted by Crippen LogP contribution is -1.99. The molecule has 18 heavy (non-hydrogen) atoms. The van der Waals surface area contributed by atoms with Gasteiger partial charge in [0.15, 0.2) is 0 Å². The third-order valence-electron chi connectivity index (χ3n) is 2.74. The van der Waals surface area contributed by atoms with E-state index in [1.165, 1.54) is 0 Å². The van der Waals surface area contributed by atoms with Crippen molar-refractivity contribution in [2.75, 3.05) is 0 Å². The molecule has 2 rings (SSSR count). The van der Waals surface area contributed by atoms with Gasteiger partial charge in [0.25, 0.3) is 0 Å². The van der Waals surface area contributed by atoms with Gasteiger partial charge in [-0.1, -0.05) is 13.8 Å². The monoisotopic (exact) mass is 245 g/mol. The standard InChI is InChI=1S/C13H15N3O2/c1-3-9-12-8(5-6-11(17)18)7-14-13(12)16-10(4-2)15-9/h5-7H,3-4H2,1-2H3,(H,17,18)(H,14,15,16)/b6-5+. The Hall–Kier alpha value is -2.17. The maximum Gasteiger partial charge on any atom is 0.328 e. The molecule has 0 aromatic carbocycles. The molecule has 2 aromatic heterocycles. The van der Waals surface area contributed by atoms with Crippen molar-refractivity contribution in [3.8, 4) is 0 Å². The number of carboxylic acid groups (broad SMARTS) is 1. The Morgan fingerprint density at radius 2 is 2.17 bits per heavy atom. The van der Waals surface area contributed by atoms with Crippen LogP contribution in [0.4, 0.5) is 0 Å². The predicted molar refractivity (Wildman–Crippen MR) is 69.3 cm³/mol. The van der Waals surface area contributed by atoms with Crippen LogP contribution in [0.2, 0.25) is 0 Å². The summed E-state index contributed by atoms with van der Waals surface area (Å²) in [5.74, 6) is -0.163. The second kappa shape index (κ2) is 5.00. The summed E-state index contributed by atoms with van der Waals surface area (Å²) in [7, 11) is 0. The van der Waals surface area contributed by atoms with Gasteiger partial charge in [0.1, 0.15) is 11.5 Å². The highest BCUT2D eigenvalue weighted by Crippen LogP contribution is 2.22. The number of nitrogens with zero attached hydrogens (tertiary/aromatic N) is 2. The molecule has 0 fully saturated rings. The molecule has 0 unspecified atom stereocenters. The summed E-state index contributed by atoms with van der Waals surface area (Å²) in [6, 6.07) is 0. The molecule has 0 spiro atoms. The second-order valence-electron chi connectivity index (χ2n) is 3.93. The van der Waals surface area contributed by atoms with E-state index in [1.54, 1.807) is 12.3 Å². The number of rotatable bonds is 4. The van der Waals surface area contributed by atoms with Crippen molar-refractivity contribution in [3.05, 3.63) is 29.4 Å². The first kappa shape index (κ1) is 12.3. The topological polar surface area (TPSA) is 78.9 Å². The Balaban J connectivity index is 2.60. The molecule has 0 amide bonds. The second-order valence-corrected chi connectivity index (χ2v) is 3.93. The number of aromatic nitrogens is 3. The summed E-state index contributed by atoms with van der Waals surface area (Å²) in [6.07, 6.45) is 6.02. The summed E-state index contributed by atoms with van der Waals surface area (Å²) in [5.41, 5.74) is 2.53. The summed E-state index contributed by atoms with van der Waals surface area (Å²) in [5, 5.41) is 9.57. The van der Waals surface area contributed by atoms with E-state index in [2.05, 4.69) is 15.0 Å². The molecule has 5 nitrogen and oxygen atoms in total. The Kier molecular flexibility index (Phi) is 3.41. The molecule has 2 aromatic rings. The third kappa shape index (κ3) is 2.25. The minimum absolute atomic E-state index is 0.767. The number of nitrogens with one attached hydrogen (secondary N) is 1. The first-order valence-electron chi connectivity index (χ1n) is 5.93. The minimum atomic E-state index is -0.964. The smallest absolute Gasteiger partial charge is 0.328 e. The quantitative estimate of drug-likeness (QED) is 0.809. The lowest BCUT2D eigenvalue weighted by molar-refractivity contribution is -0.131. The number of hydrogen-bond donors (Lipinski definition) is 2. The van der Waals surface area contributed by atoms with E-state index < -0.39 is 5.97 Å². The molecule has 0 aliphatic rings. The molecule has 0 aliphatic carbocycles. The fraction of sp³-hybridized carbons (Fsp3) is 0.308. The normalized spacial score (nSPS) is 11.4. The van der Waals surface area contributed by atoms with E-state index in [9.17, 15) is 4.79 Å². The van der Waals surface area contributed by atoms with Gasteiger partial charge in [-0.15, -0.1) is 0 Å². The zero-order valence-corrected chi connectivity index (χ0v) is 10.4. The van der Waals surface area contributed by atoms with Crippen molar-refractivity contribution in [1.82, 2.24) is 15.0 Å². The number of H-pyrrole nitrogens is 1. The number of carbonyl (C=O) groups is 1. The van der Waals surface area contributed by atoms with Gasteiger partial charge in [-0.2, -0.15) is 0 Å². The van der Waals surface area contributed by atoms with Crippen molar-refractivity contribution >= 4 is 23.1 Å². The van der Waals surface area contributed by atoms with Crippen LogP contribution in [0.3, 0.4) is 0 Å². The lowest BCUT2D eigenvalue weighted by Gasteiger charge is -2.03. The Bertz CT molecular complexity index is 614. The van der Waals surface area contributed by atoms with Gasteiger partial charge in [0, 0.05) is 29.6 Å². The van der Waals surface area contributed by atoms with Crippen molar-refractivity contribution < 1.29 is 9.90 Å². The van der Waals surface area contributed by atoms with Crippen LogP contribution in [0.5, 0.6) is 0 Å². The highest BCUT2D eigenvalue weighted by Gasteiger charge is 2.10. The molecular weight excluding hydrogens is 230 g/mol. The molecule has 0 aliphatic heterocycles. The largest absolute Gasteiger partial charge is 0.478 e. The molecule has 5 heteroatoms. The van der Waals surface area contributed by atoms with Crippen LogP contribution in [-0.4, -0.2) is 26.0 Å². The number of hydrogen-bond acceptors (Lipinski definition) is 3. The van der Waals surface area contributed by atoms with Crippen molar-refractivity contribution in [1.29, 1.82) is 0 Å². The average Bonchev–Trinajstić information content (AvgIpc) is 2.78. The van der Waals surface area contributed by atoms with Gasteiger partial charge in [-0.05, 0) is 12.5 Å². The van der Waals surface area contributed by atoms with Crippen LogP contribution in [0, 0.1) is 0 Å². The predicted octanol–water partition coefficient (Wildman–Crippen LogP) is 2.18. The molecule has 94 valence electrons. The van der Waals surface area contributed by atoms with E-state index in [-0.39, 0.29) is 0 Å². The molecule has 2 N–H and O–H groups in total. The zero-order chi connectivity index (χ0) is 13.1. The maximum absolute atomic E-state index is 10.6. The van der Waals surface area contributed by atoms with Gasteiger partial charge < -0.3 is 10.1 Å². The van der Waals surface area contributed by atoms with Crippen LogP contribution in [-0.2, 0) is 17.6 Å². The molecule has 0 saturated heterocycles. The number of aromatic amines is 1. The molecule has 2 heterocycles. The van der Waals surface area contributed by atoms with Crippen LogP contribution in [0.15, 0.2) is 12.3 Å². The van der Waals surface area contributed by atoms with Crippen molar-refractivity contribution in [3.63, 3.8) is 0 Å². The summed E-state index contributed by atoms with van der Waals surface area (Å²) >= 11 is 0. The lowest BCUT2D eigenvalue weighted by atomic mass is 10.1. The zero-order valence-electron chi connectivity index (χ0n) is 10.4. The fourth-order valence-corrected chi connectivity index (χ4v) is 1.89. The minimum Gasteiger partial charge on any atom is -0.478 e. The van der Waals surface area contributed by atoms with Crippen LogP contribution in [0.1, 0.15) is 30.9 Å². The number of aliphatic carboxylic acids is 1.